The highest BCUT2D eigenvalue weighted by Crippen LogP contribution is 2.31. The number of rotatable bonds is 3. The van der Waals surface area contributed by atoms with E-state index in [0.717, 1.165) is 4.88 Å². The molecule has 0 spiro atoms. The first-order valence-corrected chi connectivity index (χ1v) is 6.66. The van der Waals surface area contributed by atoms with Gasteiger partial charge in [-0.25, -0.2) is 0 Å². The van der Waals surface area contributed by atoms with E-state index in [-0.39, 0.29) is 5.78 Å². The molecule has 1 aromatic heterocycles. The molecule has 2 heterocycles. The summed E-state index contributed by atoms with van der Waals surface area (Å²) in [6.07, 6.45) is 0.442. The molecule has 1 aliphatic heterocycles. The molecule has 0 saturated carbocycles. The van der Waals surface area contributed by atoms with Crippen molar-refractivity contribution >= 4 is 17.1 Å². The highest BCUT2D eigenvalue weighted by Gasteiger charge is 2.15. The fourth-order valence-electron chi connectivity index (χ4n) is 1.89. The lowest BCUT2D eigenvalue weighted by Crippen LogP contribution is -2.16. The fraction of sp³-hybridized carbons (Fsp3) is 0.214. The molecule has 1 aromatic carbocycles. The van der Waals surface area contributed by atoms with Crippen molar-refractivity contribution in [2.45, 2.75) is 6.42 Å². The summed E-state index contributed by atoms with van der Waals surface area (Å²) in [6.45, 7) is 1.10. The number of ether oxygens (including phenoxy) is 2. The summed E-state index contributed by atoms with van der Waals surface area (Å²) in [5.41, 5.74) is 0.674. The maximum atomic E-state index is 12.1. The number of carbonyl (C=O) groups excluding carboxylic acids is 1. The van der Waals surface area contributed by atoms with E-state index in [2.05, 4.69) is 0 Å². The molecule has 18 heavy (non-hydrogen) atoms. The van der Waals surface area contributed by atoms with Crippen LogP contribution in [-0.2, 0) is 6.42 Å². The van der Waals surface area contributed by atoms with Crippen LogP contribution in [0.25, 0.3) is 0 Å². The van der Waals surface area contributed by atoms with Crippen LogP contribution in [0.2, 0.25) is 0 Å². The molecule has 0 unspecified atom stereocenters. The van der Waals surface area contributed by atoms with Crippen LogP contribution in [0.1, 0.15) is 15.2 Å². The number of thiophene rings is 1. The van der Waals surface area contributed by atoms with E-state index in [4.69, 9.17) is 9.47 Å². The van der Waals surface area contributed by atoms with Gasteiger partial charge in [-0.1, -0.05) is 6.07 Å². The number of carbonyl (C=O) groups is 1. The largest absolute Gasteiger partial charge is 0.486 e. The van der Waals surface area contributed by atoms with Gasteiger partial charge in [-0.15, -0.1) is 11.3 Å². The van der Waals surface area contributed by atoms with Crippen molar-refractivity contribution in [3.8, 4) is 11.5 Å². The first-order chi connectivity index (χ1) is 8.83. The van der Waals surface area contributed by atoms with Crippen LogP contribution in [0.3, 0.4) is 0 Å². The number of hydrogen-bond donors (Lipinski definition) is 0. The van der Waals surface area contributed by atoms with Gasteiger partial charge in [-0.05, 0) is 29.6 Å². The Labute approximate surface area is 109 Å². The van der Waals surface area contributed by atoms with Crippen LogP contribution < -0.4 is 9.47 Å². The third-order valence-electron chi connectivity index (χ3n) is 2.78. The highest BCUT2D eigenvalue weighted by atomic mass is 32.1. The van der Waals surface area contributed by atoms with E-state index in [1.165, 1.54) is 0 Å². The second-order valence-corrected chi connectivity index (χ2v) is 5.07. The summed E-state index contributed by atoms with van der Waals surface area (Å²) >= 11 is 1.60. The maximum Gasteiger partial charge on any atom is 0.168 e. The molecule has 2 aromatic rings. The van der Waals surface area contributed by atoms with Gasteiger partial charge in [-0.3, -0.25) is 4.79 Å². The van der Waals surface area contributed by atoms with E-state index in [1.54, 1.807) is 29.5 Å². The summed E-state index contributed by atoms with van der Waals surface area (Å²) in [7, 11) is 0. The zero-order valence-corrected chi connectivity index (χ0v) is 10.5. The molecular weight excluding hydrogens is 248 g/mol. The Morgan fingerprint density at radius 1 is 1.17 bits per heavy atom. The molecule has 3 nitrogen and oxygen atoms in total. The van der Waals surface area contributed by atoms with E-state index in [1.807, 2.05) is 17.5 Å². The first kappa shape index (κ1) is 11.3. The molecule has 0 aliphatic carbocycles. The Bertz CT molecular complexity index is 560. The highest BCUT2D eigenvalue weighted by molar-refractivity contribution is 7.10. The van der Waals surface area contributed by atoms with Crippen molar-refractivity contribution in [2.24, 2.45) is 0 Å². The Morgan fingerprint density at radius 3 is 2.78 bits per heavy atom. The summed E-state index contributed by atoms with van der Waals surface area (Å²) in [4.78, 5) is 13.2. The molecule has 0 atom stereocenters. The van der Waals surface area contributed by atoms with Gasteiger partial charge in [0.25, 0.3) is 0 Å². The number of benzene rings is 1. The Morgan fingerprint density at radius 2 is 2.00 bits per heavy atom. The van der Waals surface area contributed by atoms with Crippen LogP contribution in [0, 0.1) is 0 Å². The normalized spacial score (nSPS) is 13.3. The lowest BCUT2D eigenvalue weighted by Gasteiger charge is -2.18. The van der Waals surface area contributed by atoms with E-state index in [0.29, 0.717) is 36.7 Å². The number of Topliss-reactive ketones (excluding diaryl/α,β-unsaturated/α-hetero) is 1. The topological polar surface area (TPSA) is 35.5 Å². The third kappa shape index (κ3) is 2.24. The molecule has 0 bridgehead atoms. The maximum absolute atomic E-state index is 12.1. The Balaban J connectivity index is 1.81. The molecule has 0 N–H and O–H groups in total. The van der Waals surface area contributed by atoms with Gasteiger partial charge >= 0.3 is 0 Å². The lowest BCUT2D eigenvalue weighted by molar-refractivity contribution is 0.0992. The molecule has 0 amide bonds. The predicted molar refractivity (Wildman–Crippen MR) is 69.8 cm³/mol. The molecule has 1 aliphatic rings. The van der Waals surface area contributed by atoms with Gasteiger partial charge in [0.05, 0.1) is 0 Å². The Kier molecular flexibility index (Phi) is 3.02. The van der Waals surface area contributed by atoms with Crippen LogP contribution in [0.4, 0.5) is 0 Å². The molecule has 3 rings (SSSR count). The van der Waals surface area contributed by atoms with Crippen molar-refractivity contribution in [1.82, 2.24) is 0 Å². The van der Waals surface area contributed by atoms with E-state index in [9.17, 15) is 4.79 Å². The first-order valence-electron chi connectivity index (χ1n) is 5.78. The van der Waals surface area contributed by atoms with Crippen molar-refractivity contribution in [3.63, 3.8) is 0 Å². The minimum absolute atomic E-state index is 0.106. The fourth-order valence-corrected chi connectivity index (χ4v) is 2.59. The molecule has 4 heteroatoms. The number of ketones is 1. The summed E-state index contributed by atoms with van der Waals surface area (Å²) in [5.74, 6) is 1.49. The third-order valence-corrected chi connectivity index (χ3v) is 3.66. The molecule has 0 saturated heterocycles. The van der Waals surface area contributed by atoms with Crippen LogP contribution in [0.5, 0.6) is 11.5 Å². The van der Waals surface area contributed by atoms with E-state index >= 15 is 0 Å². The quantitative estimate of drug-likeness (QED) is 0.796. The average molecular weight is 260 g/mol. The van der Waals surface area contributed by atoms with Crippen molar-refractivity contribution in [2.75, 3.05) is 13.2 Å². The minimum Gasteiger partial charge on any atom is -0.486 e. The van der Waals surface area contributed by atoms with Gasteiger partial charge in [0.1, 0.15) is 13.2 Å². The van der Waals surface area contributed by atoms with Crippen molar-refractivity contribution < 1.29 is 14.3 Å². The predicted octanol–water partition coefficient (Wildman–Crippen LogP) is 2.94. The SMILES string of the molecule is O=C(Cc1cccs1)c1ccc2c(c1)OCCO2. The van der Waals surface area contributed by atoms with Crippen LogP contribution in [0.15, 0.2) is 35.7 Å². The van der Waals surface area contributed by atoms with Crippen LogP contribution >= 0.6 is 11.3 Å². The van der Waals surface area contributed by atoms with Gasteiger partial charge in [0, 0.05) is 16.9 Å². The summed E-state index contributed by atoms with van der Waals surface area (Å²) < 4.78 is 10.9. The smallest absolute Gasteiger partial charge is 0.168 e. The molecule has 92 valence electrons. The zero-order valence-electron chi connectivity index (χ0n) is 9.72. The van der Waals surface area contributed by atoms with Gasteiger partial charge in [-0.2, -0.15) is 0 Å². The molecule has 0 fully saturated rings. The standard InChI is InChI=1S/C14H12O3S/c15-12(9-11-2-1-7-18-11)10-3-4-13-14(8-10)17-6-5-16-13/h1-4,7-8H,5-6,9H2. The molecule has 0 radical (unpaired) electrons. The number of hydrogen-bond acceptors (Lipinski definition) is 4. The Hall–Kier alpha value is -1.81. The lowest BCUT2D eigenvalue weighted by atomic mass is 10.1. The zero-order chi connectivity index (χ0) is 12.4. The van der Waals surface area contributed by atoms with Gasteiger partial charge in [0.2, 0.25) is 0 Å². The monoisotopic (exact) mass is 260 g/mol. The van der Waals surface area contributed by atoms with Crippen molar-refractivity contribution in [1.29, 1.82) is 0 Å². The van der Waals surface area contributed by atoms with Crippen molar-refractivity contribution in [3.05, 3.63) is 46.2 Å². The van der Waals surface area contributed by atoms with Gasteiger partial charge in [0.15, 0.2) is 17.3 Å². The second-order valence-electron chi connectivity index (χ2n) is 4.04. The molecular formula is C14H12O3S. The average Bonchev–Trinajstić information content (AvgIpc) is 2.91. The van der Waals surface area contributed by atoms with E-state index < -0.39 is 0 Å². The second kappa shape index (κ2) is 4.82. The van der Waals surface area contributed by atoms with Crippen LogP contribution in [-0.4, -0.2) is 19.0 Å². The summed E-state index contributed by atoms with van der Waals surface area (Å²) in [6, 6.07) is 9.29. The number of fused-ring (bicyclic) bond motifs is 1. The van der Waals surface area contributed by atoms with Gasteiger partial charge < -0.3 is 9.47 Å². The minimum atomic E-state index is 0.106. The summed E-state index contributed by atoms with van der Waals surface area (Å²) in [5, 5.41) is 1.98.